The van der Waals surface area contributed by atoms with E-state index in [1.807, 2.05) is 32.2 Å². The van der Waals surface area contributed by atoms with Crippen LogP contribution in [0.1, 0.15) is 49.4 Å². The van der Waals surface area contributed by atoms with Crippen molar-refractivity contribution in [3.8, 4) is 0 Å². The molecule has 1 rings (SSSR count). The molecule has 19 heavy (non-hydrogen) atoms. The zero-order chi connectivity index (χ0) is 14.5. The molecule has 1 aromatic heterocycles. The van der Waals surface area contributed by atoms with Gasteiger partial charge >= 0.3 is 5.97 Å². The Morgan fingerprint density at radius 1 is 1.37 bits per heavy atom. The molecule has 0 spiro atoms. The molecule has 0 fully saturated rings. The third kappa shape index (κ3) is 6.50. The molecule has 1 heterocycles. The number of hydrogen-bond acceptors (Lipinski definition) is 5. The number of thiophene rings is 1. The van der Waals surface area contributed by atoms with Gasteiger partial charge in [0, 0.05) is 13.1 Å². The van der Waals surface area contributed by atoms with Crippen LogP contribution in [-0.2, 0) is 16.1 Å². The first kappa shape index (κ1) is 15.9. The van der Waals surface area contributed by atoms with E-state index in [0.29, 0.717) is 19.5 Å². The quantitative estimate of drug-likeness (QED) is 0.495. The minimum atomic E-state index is -0.430. The van der Waals surface area contributed by atoms with Gasteiger partial charge in [0.05, 0.1) is 11.3 Å². The van der Waals surface area contributed by atoms with Crippen LogP contribution < -0.4 is 5.32 Å². The molecule has 0 aliphatic heterocycles. The fourth-order valence-corrected chi connectivity index (χ4v) is 2.28. The second kappa shape index (κ2) is 6.82. The third-order valence-corrected chi connectivity index (χ3v) is 3.34. The van der Waals surface area contributed by atoms with E-state index in [1.54, 1.807) is 6.92 Å². The van der Waals surface area contributed by atoms with Crippen LogP contribution in [0.15, 0.2) is 11.4 Å². The summed E-state index contributed by atoms with van der Waals surface area (Å²) in [5.74, 6) is -0.111. The molecule has 0 atom stereocenters. The van der Waals surface area contributed by atoms with Gasteiger partial charge in [0.1, 0.15) is 5.60 Å². The summed E-state index contributed by atoms with van der Waals surface area (Å²) in [5, 5.41) is 5.12. The Morgan fingerprint density at radius 3 is 2.58 bits per heavy atom. The van der Waals surface area contributed by atoms with E-state index >= 15 is 0 Å². The summed E-state index contributed by atoms with van der Waals surface area (Å²) < 4.78 is 5.20. The standard InChI is InChI=1S/C14H21NO3S/c1-10(16)12-7-11(9-19-12)8-15-6-5-13(17)18-14(2,3)4/h7,9,15H,5-6,8H2,1-4H3. The van der Waals surface area contributed by atoms with Crippen LogP contribution in [0.2, 0.25) is 0 Å². The maximum Gasteiger partial charge on any atom is 0.307 e. The van der Waals surface area contributed by atoms with Crippen molar-refractivity contribution in [2.75, 3.05) is 6.54 Å². The molecule has 106 valence electrons. The summed E-state index contributed by atoms with van der Waals surface area (Å²) >= 11 is 1.45. The predicted octanol–water partition coefficient (Wildman–Crippen LogP) is 2.77. The van der Waals surface area contributed by atoms with Crippen LogP contribution in [0.4, 0.5) is 0 Å². The van der Waals surface area contributed by atoms with Crippen molar-refractivity contribution in [2.45, 2.75) is 46.3 Å². The lowest BCUT2D eigenvalue weighted by atomic mass is 10.2. The Hall–Kier alpha value is -1.20. The van der Waals surface area contributed by atoms with E-state index in [1.165, 1.54) is 11.3 Å². The molecule has 0 aliphatic carbocycles. The Bertz CT molecular complexity index is 446. The zero-order valence-corrected chi connectivity index (χ0v) is 12.7. The normalized spacial score (nSPS) is 11.4. The molecule has 0 saturated heterocycles. The maximum atomic E-state index is 11.5. The average Bonchev–Trinajstić information content (AvgIpc) is 2.70. The summed E-state index contributed by atoms with van der Waals surface area (Å²) in [6.45, 7) is 8.35. The van der Waals surface area contributed by atoms with Crippen LogP contribution in [0, 0.1) is 0 Å². The van der Waals surface area contributed by atoms with Crippen LogP contribution in [0.25, 0.3) is 0 Å². The molecule has 0 radical (unpaired) electrons. The van der Waals surface area contributed by atoms with Gasteiger partial charge in [-0.05, 0) is 44.7 Å². The topological polar surface area (TPSA) is 55.4 Å². The predicted molar refractivity (Wildman–Crippen MR) is 76.5 cm³/mol. The van der Waals surface area contributed by atoms with Crippen LogP contribution in [0.5, 0.6) is 0 Å². The third-order valence-electron chi connectivity index (χ3n) is 2.26. The summed E-state index contributed by atoms with van der Waals surface area (Å²) in [5.41, 5.74) is 0.639. The summed E-state index contributed by atoms with van der Waals surface area (Å²) in [7, 11) is 0. The number of ketones is 1. The zero-order valence-electron chi connectivity index (χ0n) is 11.9. The highest BCUT2D eigenvalue weighted by Crippen LogP contribution is 2.15. The lowest BCUT2D eigenvalue weighted by molar-refractivity contribution is -0.154. The fraction of sp³-hybridized carbons (Fsp3) is 0.571. The number of carbonyl (C=O) groups is 2. The van der Waals surface area contributed by atoms with Gasteiger partial charge in [-0.25, -0.2) is 0 Å². The summed E-state index contributed by atoms with van der Waals surface area (Å²) in [4.78, 5) is 23.4. The van der Waals surface area contributed by atoms with Crippen molar-refractivity contribution in [1.29, 1.82) is 0 Å². The van der Waals surface area contributed by atoms with Crippen molar-refractivity contribution in [3.63, 3.8) is 0 Å². The molecule has 5 heteroatoms. The number of hydrogen-bond donors (Lipinski definition) is 1. The molecule has 4 nitrogen and oxygen atoms in total. The highest BCUT2D eigenvalue weighted by atomic mass is 32.1. The Labute approximate surface area is 118 Å². The number of carbonyl (C=O) groups excluding carboxylic acids is 2. The smallest absolute Gasteiger partial charge is 0.307 e. The Balaban J connectivity index is 2.23. The molecule has 0 aliphatic rings. The average molecular weight is 283 g/mol. The van der Waals surface area contributed by atoms with Crippen molar-refractivity contribution < 1.29 is 14.3 Å². The number of nitrogens with one attached hydrogen (secondary N) is 1. The molecule has 1 aromatic rings. The van der Waals surface area contributed by atoms with E-state index in [-0.39, 0.29) is 11.8 Å². The molecular weight excluding hydrogens is 262 g/mol. The maximum absolute atomic E-state index is 11.5. The molecule has 0 bridgehead atoms. The second-order valence-electron chi connectivity index (χ2n) is 5.39. The van der Waals surface area contributed by atoms with Gasteiger partial charge < -0.3 is 10.1 Å². The van der Waals surface area contributed by atoms with E-state index in [2.05, 4.69) is 5.32 Å². The molecule has 0 saturated carbocycles. The Kier molecular flexibility index (Phi) is 5.69. The van der Waals surface area contributed by atoms with E-state index in [0.717, 1.165) is 10.4 Å². The summed E-state index contributed by atoms with van der Waals surface area (Å²) in [6.07, 6.45) is 0.348. The molecule has 0 amide bonds. The molecule has 0 aromatic carbocycles. The van der Waals surface area contributed by atoms with Crippen molar-refractivity contribution in [3.05, 3.63) is 21.9 Å². The Morgan fingerprint density at radius 2 is 2.05 bits per heavy atom. The lowest BCUT2D eigenvalue weighted by Gasteiger charge is -2.19. The van der Waals surface area contributed by atoms with Crippen LogP contribution in [-0.4, -0.2) is 23.9 Å². The summed E-state index contributed by atoms with van der Waals surface area (Å²) in [6, 6.07) is 1.88. The lowest BCUT2D eigenvalue weighted by Crippen LogP contribution is -2.26. The second-order valence-corrected chi connectivity index (χ2v) is 6.30. The van der Waals surface area contributed by atoms with Gasteiger partial charge in [0.15, 0.2) is 5.78 Å². The molecular formula is C14H21NO3S. The van der Waals surface area contributed by atoms with Gasteiger partial charge in [0.25, 0.3) is 0 Å². The van der Waals surface area contributed by atoms with Gasteiger partial charge in [-0.15, -0.1) is 11.3 Å². The monoisotopic (exact) mass is 283 g/mol. The number of ether oxygens (including phenoxy) is 1. The number of Topliss-reactive ketones (excluding diaryl/α,β-unsaturated/α-hetero) is 1. The first-order valence-corrected chi connectivity index (χ1v) is 7.17. The van der Waals surface area contributed by atoms with Gasteiger partial charge in [-0.3, -0.25) is 9.59 Å². The van der Waals surface area contributed by atoms with Gasteiger partial charge in [0.2, 0.25) is 0 Å². The first-order chi connectivity index (χ1) is 8.78. The van der Waals surface area contributed by atoms with Gasteiger partial charge in [-0.2, -0.15) is 0 Å². The minimum absolute atomic E-state index is 0.0880. The van der Waals surface area contributed by atoms with E-state index in [4.69, 9.17) is 4.74 Å². The van der Waals surface area contributed by atoms with Gasteiger partial charge in [-0.1, -0.05) is 0 Å². The number of esters is 1. The van der Waals surface area contributed by atoms with E-state index in [9.17, 15) is 9.59 Å². The van der Waals surface area contributed by atoms with Crippen molar-refractivity contribution >= 4 is 23.1 Å². The van der Waals surface area contributed by atoms with Crippen molar-refractivity contribution in [2.24, 2.45) is 0 Å². The van der Waals surface area contributed by atoms with Crippen LogP contribution >= 0.6 is 11.3 Å². The molecule has 1 N–H and O–H groups in total. The molecule has 0 unspecified atom stereocenters. The van der Waals surface area contributed by atoms with E-state index < -0.39 is 5.60 Å². The highest BCUT2D eigenvalue weighted by Gasteiger charge is 2.15. The van der Waals surface area contributed by atoms with Crippen LogP contribution in [0.3, 0.4) is 0 Å². The number of rotatable bonds is 6. The van der Waals surface area contributed by atoms with Crippen molar-refractivity contribution in [1.82, 2.24) is 5.32 Å². The fourth-order valence-electron chi connectivity index (χ4n) is 1.47. The SMILES string of the molecule is CC(=O)c1cc(CNCCC(=O)OC(C)(C)C)cs1. The highest BCUT2D eigenvalue weighted by molar-refractivity contribution is 7.12. The minimum Gasteiger partial charge on any atom is -0.460 e. The first-order valence-electron chi connectivity index (χ1n) is 6.29. The largest absolute Gasteiger partial charge is 0.460 e.